The molecule has 0 aromatic heterocycles. The van der Waals surface area contributed by atoms with E-state index in [0.29, 0.717) is 18.8 Å². The first-order valence-corrected chi connectivity index (χ1v) is 13.1. The number of hydrogen-bond donors (Lipinski definition) is 2. The number of carboxylic acid groups (broad SMARTS) is 1. The minimum absolute atomic E-state index is 0.0711. The average molecular weight is 494 g/mol. The van der Waals surface area contributed by atoms with Gasteiger partial charge in [-0.25, -0.2) is 13.2 Å². The highest BCUT2D eigenvalue weighted by molar-refractivity contribution is 7.92. The van der Waals surface area contributed by atoms with Gasteiger partial charge in [0.25, 0.3) is 10.0 Å². The molecule has 0 bridgehead atoms. The van der Waals surface area contributed by atoms with E-state index >= 15 is 0 Å². The number of rotatable bonds is 6. The van der Waals surface area contributed by atoms with Gasteiger partial charge in [0.15, 0.2) is 0 Å². The molecule has 7 nitrogen and oxygen atoms in total. The second kappa shape index (κ2) is 9.62. The number of hydrogen-bond acceptors (Lipinski definition) is 5. The van der Waals surface area contributed by atoms with Crippen LogP contribution in [0.25, 0.3) is 0 Å². The van der Waals surface area contributed by atoms with Gasteiger partial charge in [-0.15, -0.1) is 0 Å². The average Bonchev–Trinajstić information content (AvgIpc) is 2.78. The Bertz CT molecular complexity index is 1350. The molecule has 1 aliphatic heterocycles. The van der Waals surface area contributed by atoms with Crippen LogP contribution in [0.1, 0.15) is 34.0 Å². The first kappa shape index (κ1) is 24.6. The smallest absolute Gasteiger partial charge is 0.337 e. The number of nitrogens with one attached hydrogen (secondary N) is 1. The third-order valence-electron chi connectivity index (χ3n) is 6.29. The van der Waals surface area contributed by atoms with Crippen LogP contribution in [0, 0.1) is 20.8 Å². The minimum Gasteiger partial charge on any atom is -0.478 e. The molecule has 0 unspecified atom stereocenters. The van der Waals surface area contributed by atoms with E-state index in [9.17, 15) is 18.3 Å². The Morgan fingerprint density at radius 2 is 1.66 bits per heavy atom. The molecule has 35 heavy (non-hydrogen) atoms. The van der Waals surface area contributed by atoms with Gasteiger partial charge in [-0.3, -0.25) is 4.72 Å². The number of anilines is 3. The fourth-order valence-electron chi connectivity index (χ4n) is 4.72. The normalized spacial score (nSPS) is 16.3. The number of aryl methyl sites for hydroxylation is 3. The van der Waals surface area contributed by atoms with E-state index in [0.717, 1.165) is 23.4 Å². The van der Waals surface area contributed by atoms with Crippen LogP contribution in [-0.4, -0.2) is 45.2 Å². The second-order valence-corrected chi connectivity index (χ2v) is 11.0. The van der Waals surface area contributed by atoms with Gasteiger partial charge in [-0.1, -0.05) is 18.2 Å². The maximum Gasteiger partial charge on any atom is 0.337 e. The maximum absolute atomic E-state index is 12.9. The van der Waals surface area contributed by atoms with E-state index in [1.165, 1.54) is 11.6 Å². The Kier molecular flexibility index (Phi) is 6.76. The summed E-state index contributed by atoms with van der Waals surface area (Å²) < 4.78 is 28.4. The molecule has 0 aliphatic carbocycles. The van der Waals surface area contributed by atoms with Gasteiger partial charge < -0.3 is 14.9 Å². The summed E-state index contributed by atoms with van der Waals surface area (Å²) in [6.45, 7) is 9.94. The van der Waals surface area contributed by atoms with Crippen molar-refractivity contribution in [3.63, 3.8) is 0 Å². The highest BCUT2D eigenvalue weighted by Gasteiger charge is 2.27. The van der Waals surface area contributed by atoms with Crippen LogP contribution in [0.15, 0.2) is 65.6 Å². The Hall–Kier alpha value is -3.52. The van der Waals surface area contributed by atoms with Crippen LogP contribution in [0.5, 0.6) is 0 Å². The lowest BCUT2D eigenvalue weighted by Crippen LogP contribution is -2.52. The standard InChI is InChI=1S/C27H31N3O4S/c1-18-6-5-7-23(13-18)30-11-10-29(17-21(30)4)26-9-8-22(16-25(26)27(31)32)28-35(33,34)24-14-19(2)12-20(3)15-24/h5-9,12-16,21,28H,10-11,17H2,1-4H3,(H,31,32)/t21-/m1/s1. The summed E-state index contributed by atoms with van der Waals surface area (Å²) in [5, 5.41) is 9.92. The van der Waals surface area contributed by atoms with Crippen LogP contribution < -0.4 is 14.5 Å². The van der Waals surface area contributed by atoms with E-state index in [1.807, 2.05) is 26.0 Å². The van der Waals surface area contributed by atoms with Gasteiger partial charge in [0.1, 0.15) is 0 Å². The second-order valence-electron chi connectivity index (χ2n) is 9.29. The quantitative estimate of drug-likeness (QED) is 0.511. The van der Waals surface area contributed by atoms with Crippen LogP contribution in [0.2, 0.25) is 0 Å². The Labute approximate surface area is 207 Å². The van der Waals surface area contributed by atoms with Crippen LogP contribution in [0.4, 0.5) is 17.1 Å². The van der Waals surface area contributed by atoms with Crippen molar-refractivity contribution >= 4 is 33.1 Å². The van der Waals surface area contributed by atoms with Gasteiger partial charge in [0, 0.05) is 37.1 Å². The van der Waals surface area contributed by atoms with Crippen molar-refractivity contribution in [2.75, 3.05) is 34.2 Å². The number of sulfonamides is 1. The molecule has 4 rings (SSSR count). The Balaban J connectivity index is 1.57. The predicted octanol–water partition coefficient (Wildman–Crippen LogP) is 4.83. The number of nitrogens with zero attached hydrogens (tertiary/aromatic N) is 2. The molecule has 1 saturated heterocycles. The molecule has 3 aromatic carbocycles. The fraction of sp³-hybridized carbons (Fsp3) is 0.296. The van der Waals surface area contributed by atoms with Gasteiger partial charge >= 0.3 is 5.97 Å². The van der Waals surface area contributed by atoms with Crippen molar-refractivity contribution in [3.05, 3.63) is 82.9 Å². The molecule has 3 aromatic rings. The topological polar surface area (TPSA) is 90.0 Å². The van der Waals surface area contributed by atoms with E-state index in [-0.39, 0.29) is 22.2 Å². The zero-order valence-corrected chi connectivity index (χ0v) is 21.3. The molecule has 184 valence electrons. The molecule has 0 saturated carbocycles. The molecule has 1 atom stereocenters. The lowest BCUT2D eigenvalue weighted by molar-refractivity contribution is 0.0697. The Morgan fingerprint density at radius 3 is 2.29 bits per heavy atom. The zero-order chi connectivity index (χ0) is 25.3. The van der Waals surface area contributed by atoms with Gasteiger partial charge in [-0.2, -0.15) is 0 Å². The predicted molar refractivity (Wildman–Crippen MR) is 140 cm³/mol. The molecule has 8 heteroatoms. The summed E-state index contributed by atoms with van der Waals surface area (Å²) in [5.41, 5.74) is 4.91. The maximum atomic E-state index is 12.9. The van der Waals surface area contributed by atoms with Crippen molar-refractivity contribution < 1.29 is 18.3 Å². The largest absolute Gasteiger partial charge is 0.478 e. The number of aromatic carboxylic acids is 1. The van der Waals surface area contributed by atoms with Crippen molar-refractivity contribution in [3.8, 4) is 0 Å². The van der Waals surface area contributed by atoms with Gasteiger partial charge in [0.05, 0.1) is 16.1 Å². The molecular weight excluding hydrogens is 462 g/mol. The van der Waals surface area contributed by atoms with E-state index in [4.69, 9.17) is 0 Å². The third kappa shape index (κ3) is 5.43. The number of carbonyl (C=O) groups is 1. The van der Waals surface area contributed by atoms with Crippen molar-refractivity contribution in [1.29, 1.82) is 0 Å². The summed E-state index contributed by atoms with van der Waals surface area (Å²) in [5.74, 6) is -1.10. The molecule has 1 aliphatic rings. The Morgan fingerprint density at radius 1 is 0.943 bits per heavy atom. The minimum atomic E-state index is -3.85. The van der Waals surface area contributed by atoms with Crippen LogP contribution >= 0.6 is 0 Å². The lowest BCUT2D eigenvalue weighted by atomic mass is 10.1. The lowest BCUT2D eigenvalue weighted by Gasteiger charge is -2.42. The van der Waals surface area contributed by atoms with E-state index < -0.39 is 16.0 Å². The number of piperazine rings is 1. The molecule has 0 amide bonds. The summed E-state index contributed by atoms with van der Waals surface area (Å²) in [6, 6.07) is 18.3. The van der Waals surface area contributed by atoms with Gasteiger partial charge in [0.2, 0.25) is 0 Å². The summed E-state index contributed by atoms with van der Waals surface area (Å²) >= 11 is 0. The van der Waals surface area contributed by atoms with Crippen LogP contribution in [0.3, 0.4) is 0 Å². The summed E-state index contributed by atoms with van der Waals surface area (Å²) in [7, 11) is -3.85. The summed E-state index contributed by atoms with van der Waals surface area (Å²) in [6.07, 6.45) is 0. The highest BCUT2D eigenvalue weighted by atomic mass is 32.2. The van der Waals surface area contributed by atoms with Crippen LogP contribution in [-0.2, 0) is 10.0 Å². The SMILES string of the molecule is Cc1cccc(N2CCN(c3ccc(NS(=O)(=O)c4cc(C)cc(C)c4)cc3C(=O)O)C[C@H]2C)c1. The molecule has 0 radical (unpaired) electrons. The zero-order valence-electron chi connectivity index (χ0n) is 20.4. The molecular formula is C27H31N3O4S. The molecule has 0 spiro atoms. The molecule has 2 N–H and O–H groups in total. The highest BCUT2D eigenvalue weighted by Crippen LogP contribution is 2.30. The molecule has 1 fully saturated rings. The monoisotopic (exact) mass is 493 g/mol. The summed E-state index contributed by atoms with van der Waals surface area (Å²) in [4.78, 5) is 16.7. The number of benzene rings is 3. The number of carboxylic acids is 1. The van der Waals surface area contributed by atoms with E-state index in [2.05, 4.69) is 46.6 Å². The van der Waals surface area contributed by atoms with Crippen molar-refractivity contribution in [1.82, 2.24) is 0 Å². The van der Waals surface area contributed by atoms with E-state index in [1.54, 1.807) is 24.3 Å². The first-order chi connectivity index (χ1) is 16.5. The molecule has 1 heterocycles. The fourth-order valence-corrected chi connectivity index (χ4v) is 5.95. The van der Waals surface area contributed by atoms with Gasteiger partial charge in [-0.05, 0) is 86.8 Å². The third-order valence-corrected chi connectivity index (χ3v) is 7.65. The first-order valence-electron chi connectivity index (χ1n) is 11.6. The van der Waals surface area contributed by atoms with Crippen molar-refractivity contribution in [2.24, 2.45) is 0 Å². The van der Waals surface area contributed by atoms with Crippen molar-refractivity contribution in [2.45, 2.75) is 38.6 Å².